The van der Waals surface area contributed by atoms with E-state index >= 15 is 0 Å². The average Bonchev–Trinajstić information content (AvgIpc) is 3.30. The molecule has 0 saturated heterocycles. The van der Waals surface area contributed by atoms with E-state index in [4.69, 9.17) is 11.6 Å². The van der Waals surface area contributed by atoms with Gasteiger partial charge in [-0.3, -0.25) is 14.4 Å². The van der Waals surface area contributed by atoms with Crippen LogP contribution in [-0.2, 0) is 14.4 Å². The first-order chi connectivity index (χ1) is 13.9. The molecular formula is C24H29ClO5. The molecule has 6 heteroatoms. The zero-order valence-corrected chi connectivity index (χ0v) is 18.5. The van der Waals surface area contributed by atoms with Crippen molar-refractivity contribution < 1.29 is 24.6 Å². The van der Waals surface area contributed by atoms with Crippen LogP contribution in [0.4, 0.5) is 0 Å². The standard InChI is InChI=1S/C24H29ClO5/c1-12(26)24(30)7-5-15-13-8-18(25)16-9-19(27)23(10-17(23)20(28)29)11-21(16,2)14(13)4-6-22(15,24)3/h8-9,13-15,17,30H,4-7,10-11H2,1-3H3,(H,28,29)/t13-,14+,15+,17+,21-,22+,23-,24+/m1/s1. The number of aliphatic hydroxyl groups is 1. The Bertz CT molecular complexity index is 951. The minimum atomic E-state index is -1.30. The van der Waals surface area contributed by atoms with Crippen molar-refractivity contribution in [2.75, 3.05) is 0 Å². The van der Waals surface area contributed by atoms with Gasteiger partial charge in [-0.15, -0.1) is 0 Å². The summed E-state index contributed by atoms with van der Waals surface area (Å²) in [5, 5.41) is 21.4. The Morgan fingerprint density at radius 1 is 1.17 bits per heavy atom. The fraction of sp³-hybridized carbons (Fsp3) is 0.708. The number of carboxylic acid groups (broad SMARTS) is 1. The fourth-order valence-corrected chi connectivity index (χ4v) is 8.49. The van der Waals surface area contributed by atoms with Crippen molar-refractivity contribution in [3.8, 4) is 0 Å². The van der Waals surface area contributed by atoms with Crippen molar-refractivity contribution in [3.05, 3.63) is 22.8 Å². The lowest BCUT2D eigenvalue weighted by Gasteiger charge is -2.58. The van der Waals surface area contributed by atoms with Gasteiger partial charge in [0.05, 0.1) is 5.92 Å². The van der Waals surface area contributed by atoms with Crippen LogP contribution in [0.1, 0.15) is 59.3 Å². The summed E-state index contributed by atoms with van der Waals surface area (Å²) in [6, 6.07) is 0. The summed E-state index contributed by atoms with van der Waals surface area (Å²) in [6.07, 6.45) is 7.41. The van der Waals surface area contributed by atoms with Crippen molar-refractivity contribution in [2.24, 2.45) is 39.9 Å². The number of carbonyl (C=O) groups is 3. The highest BCUT2D eigenvalue weighted by Gasteiger charge is 2.71. The number of hydrogen-bond donors (Lipinski definition) is 2. The van der Waals surface area contributed by atoms with E-state index < -0.39 is 28.3 Å². The van der Waals surface area contributed by atoms with Gasteiger partial charge in [0.1, 0.15) is 5.60 Å². The Morgan fingerprint density at radius 2 is 1.83 bits per heavy atom. The molecule has 0 aromatic rings. The van der Waals surface area contributed by atoms with Gasteiger partial charge in [-0.2, -0.15) is 0 Å². The van der Waals surface area contributed by atoms with E-state index in [2.05, 4.69) is 13.0 Å². The minimum Gasteiger partial charge on any atom is -0.481 e. The highest BCUT2D eigenvalue weighted by molar-refractivity contribution is 6.32. The Labute approximate surface area is 181 Å². The van der Waals surface area contributed by atoms with Crippen LogP contribution in [0.15, 0.2) is 22.8 Å². The molecular weight excluding hydrogens is 404 g/mol. The first kappa shape index (κ1) is 20.4. The number of Topliss-reactive ketones (excluding diaryl/α,β-unsaturated/α-hetero) is 1. The van der Waals surface area contributed by atoms with Crippen LogP contribution in [0.3, 0.4) is 0 Å². The number of rotatable bonds is 2. The Hall–Kier alpha value is -1.46. The van der Waals surface area contributed by atoms with Gasteiger partial charge in [0.15, 0.2) is 11.6 Å². The summed E-state index contributed by atoms with van der Waals surface area (Å²) in [6.45, 7) is 5.68. The molecule has 1 spiro atoms. The Kier molecular flexibility index (Phi) is 3.99. The van der Waals surface area contributed by atoms with Crippen LogP contribution in [0.25, 0.3) is 0 Å². The molecule has 0 aromatic heterocycles. The third-order valence-electron chi connectivity index (χ3n) is 9.92. The molecule has 2 N–H and O–H groups in total. The van der Waals surface area contributed by atoms with Gasteiger partial charge in [-0.25, -0.2) is 0 Å². The topological polar surface area (TPSA) is 91.7 Å². The van der Waals surface area contributed by atoms with Gasteiger partial charge in [-0.1, -0.05) is 31.5 Å². The van der Waals surface area contributed by atoms with Crippen molar-refractivity contribution >= 4 is 29.1 Å². The van der Waals surface area contributed by atoms with Gasteiger partial charge in [0, 0.05) is 15.9 Å². The molecule has 0 amide bonds. The number of fused-ring (bicyclic) bond motifs is 5. The summed E-state index contributed by atoms with van der Waals surface area (Å²) in [4.78, 5) is 36.9. The first-order valence-corrected chi connectivity index (χ1v) is 11.4. The maximum atomic E-state index is 12.9. The summed E-state index contributed by atoms with van der Waals surface area (Å²) in [5.74, 6) is -1.28. The van der Waals surface area contributed by atoms with Crippen molar-refractivity contribution in [2.45, 2.75) is 64.9 Å². The molecule has 0 heterocycles. The monoisotopic (exact) mass is 432 g/mol. The summed E-state index contributed by atoms with van der Waals surface area (Å²) in [5.41, 5.74) is -2.10. The number of carboxylic acids is 1. The SMILES string of the molecule is CC(=O)[C@@]1(O)CC[C@H]2[C@@H]3C=C(Cl)C4=CC(=O)[C@]5(C[C@H]5C(=O)O)C[C@]4(C)[C@H]3CC[C@@]21C. The molecule has 5 nitrogen and oxygen atoms in total. The second kappa shape index (κ2) is 5.86. The minimum absolute atomic E-state index is 0.0974. The predicted octanol–water partition coefficient (Wildman–Crippen LogP) is 3.88. The maximum Gasteiger partial charge on any atom is 0.307 e. The van der Waals surface area contributed by atoms with Crippen LogP contribution in [0.5, 0.6) is 0 Å². The van der Waals surface area contributed by atoms with Crippen LogP contribution in [0, 0.1) is 39.9 Å². The second-order valence-corrected chi connectivity index (χ2v) is 11.4. The molecule has 8 atom stereocenters. The molecule has 162 valence electrons. The number of halogens is 1. The predicted molar refractivity (Wildman–Crippen MR) is 111 cm³/mol. The van der Waals surface area contributed by atoms with Gasteiger partial charge in [0.2, 0.25) is 0 Å². The number of carbonyl (C=O) groups excluding carboxylic acids is 2. The van der Waals surface area contributed by atoms with E-state index in [-0.39, 0.29) is 34.7 Å². The van der Waals surface area contributed by atoms with Crippen LogP contribution >= 0.6 is 11.6 Å². The lowest BCUT2D eigenvalue weighted by molar-refractivity contribution is -0.157. The summed E-state index contributed by atoms with van der Waals surface area (Å²) in [7, 11) is 0. The third kappa shape index (κ3) is 2.21. The second-order valence-electron chi connectivity index (χ2n) is 11.0. The van der Waals surface area contributed by atoms with E-state index in [1.54, 1.807) is 6.08 Å². The van der Waals surface area contributed by atoms with E-state index in [0.29, 0.717) is 24.3 Å². The third-order valence-corrected chi connectivity index (χ3v) is 10.2. The first-order valence-electron chi connectivity index (χ1n) is 11.0. The lowest BCUT2D eigenvalue weighted by Crippen LogP contribution is -2.57. The summed E-state index contributed by atoms with van der Waals surface area (Å²) >= 11 is 6.74. The van der Waals surface area contributed by atoms with Crippen molar-refractivity contribution in [1.29, 1.82) is 0 Å². The quantitative estimate of drug-likeness (QED) is 0.690. The largest absolute Gasteiger partial charge is 0.481 e. The smallest absolute Gasteiger partial charge is 0.307 e. The molecule has 5 aliphatic carbocycles. The number of allylic oxidation sites excluding steroid dienone is 4. The van der Waals surface area contributed by atoms with Crippen LogP contribution in [0.2, 0.25) is 0 Å². The van der Waals surface area contributed by atoms with E-state index in [1.165, 1.54) is 6.92 Å². The van der Waals surface area contributed by atoms with E-state index in [9.17, 15) is 24.6 Å². The molecule has 0 aromatic carbocycles. The summed E-state index contributed by atoms with van der Waals surface area (Å²) < 4.78 is 0. The molecule has 30 heavy (non-hydrogen) atoms. The van der Waals surface area contributed by atoms with Crippen molar-refractivity contribution in [1.82, 2.24) is 0 Å². The maximum absolute atomic E-state index is 12.9. The van der Waals surface area contributed by atoms with Crippen molar-refractivity contribution in [3.63, 3.8) is 0 Å². The fourth-order valence-electron chi connectivity index (χ4n) is 8.07. The number of aliphatic carboxylic acids is 1. The number of ketones is 2. The highest BCUT2D eigenvalue weighted by Crippen LogP contribution is 2.71. The normalized spacial score (nSPS) is 51.4. The van der Waals surface area contributed by atoms with E-state index in [1.807, 2.05) is 6.92 Å². The molecule has 0 unspecified atom stereocenters. The van der Waals surface area contributed by atoms with E-state index in [0.717, 1.165) is 24.8 Å². The number of hydrogen-bond acceptors (Lipinski definition) is 4. The van der Waals surface area contributed by atoms with Gasteiger partial charge < -0.3 is 10.2 Å². The molecule has 0 bridgehead atoms. The zero-order chi connectivity index (χ0) is 21.9. The Balaban J connectivity index is 1.57. The molecule has 3 fully saturated rings. The molecule has 0 radical (unpaired) electrons. The average molecular weight is 433 g/mol. The van der Waals surface area contributed by atoms with Gasteiger partial charge in [0.25, 0.3) is 0 Å². The highest BCUT2D eigenvalue weighted by atomic mass is 35.5. The molecule has 3 saturated carbocycles. The lowest BCUT2D eigenvalue weighted by atomic mass is 9.47. The van der Waals surface area contributed by atoms with Gasteiger partial charge >= 0.3 is 5.97 Å². The molecule has 5 aliphatic rings. The van der Waals surface area contributed by atoms with Crippen LogP contribution < -0.4 is 0 Å². The van der Waals surface area contributed by atoms with Gasteiger partial charge in [-0.05, 0) is 80.3 Å². The van der Waals surface area contributed by atoms with Crippen LogP contribution in [-0.4, -0.2) is 33.3 Å². The molecule has 0 aliphatic heterocycles. The zero-order valence-electron chi connectivity index (χ0n) is 17.7. The Morgan fingerprint density at radius 3 is 2.43 bits per heavy atom. The molecule has 5 rings (SSSR count).